The summed E-state index contributed by atoms with van der Waals surface area (Å²) in [5, 5.41) is 7.85. The minimum Gasteiger partial charge on any atom is -0.497 e. The molecule has 0 bridgehead atoms. The molecule has 2 aromatic rings. The van der Waals surface area contributed by atoms with Crippen LogP contribution in [0.15, 0.2) is 64.7 Å². The number of ether oxygens (including phenoxy) is 1. The Morgan fingerprint density at radius 1 is 1.17 bits per heavy atom. The first-order valence-corrected chi connectivity index (χ1v) is 7.62. The van der Waals surface area contributed by atoms with Crippen LogP contribution in [0.5, 0.6) is 5.75 Å². The summed E-state index contributed by atoms with van der Waals surface area (Å²) in [5.74, 6) is 0.746. The monoisotopic (exact) mass is 345 g/mol. The van der Waals surface area contributed by atoms with Crippen molar-refractivity contribution in [2.75, 3.05) is 12.4 Å². The number of benzene rings is 2. The minimum atomic E-state index is 0.360. The summed E-state index contributed by atoms with van der Waals surface area (Å²) < 4.78 is 5.15. The summed E-state index contributed by atoms with van der Waals surface area (Å²) >= 11 is 11.2. The van der Waals surface area contributed by atoms with Gasteiger partial charge in [-0.3, -0.25) is 5.43 Å². The Hall–Kier alpha value is -2.37. The number of halogens is 1. The van der Waals surface area contributed by atoms with Crippen LogP contribution in [0.1, 0.15) is 5.56 Å². The largest absolute Gasteiger partial charge is 0.497 e. The number of hydrazone groups is 1. The average molecular weight is 346 g/mol. The number of hydrogen-bond acceptors (Lipinski definition) is 3. The minimum absolute atomic E-state index is 0.360. The highest BCUT2D eigenvalue weighted by molar-refractivity contribution is 7.80. The molecule has 0 fully saturated rings. The second kappa shape index (κ2) is 8.92. The molecule has 2 N–H and O–H groups in total. The molecule has 0 amide bonds. The van der Waals surface area contributed by atoms with Crippen molar-refractivity contribution >= 4 is 46.9 Å². The van der Waals surface area contributed by atoms with Gasteiger partial charge in [-0.1, -0.05) is 48.0 Å². The quantitative estimate of drug-likeness (QED) is 0.483. The molecule has 118 valence electrons. The number of allylic oxidation sites excluding steroid dienone is 1. The third-order valence-electron chi connectivity index (χ3n) is 2.79. The van der Waals surface area contributed by atoms with Crippen molar-refractivity contribution in [3.05, 3.63) is 65.2 Å². The zero-order valence-electron chi connectivity index (χ0n) is 12.5. The van der Waals surface area contributed by atoms with Gasteiger partial charge in [0, 0.05) is 11.8 Å². The number of rotatable bonds is 5. The van der Waals surface area contributed by atoms with Gasteiger partial charge in [-0.2, -0.15) is 5.10 Å². The fourth-order valence-electron chi connectivity index (χ4n) is 1.76. The third-order valence-corrected chi connectivity index (χ3v) is 3.19. The van der Waals surface area contributed by atoms with E-state index in [-0.39, 0.29) is 0 Å². The molecule has 0 saturated carbocycles. The molecule has 0 saturated heterocycles. The SMILES string of the molecule is COc1cccc(NC(=S)N/N=C\C(Cl)=C\c2ccccc2)c1. The van der Waals surface area contributed by atoms with Gasteiger partial charge < -0.3 is 10.1 Å². The predicted octanol–water partition coefficient (Wildman–Crippen LogP) is 4.25. The number of anilines is 1. The lowest BCUT2D eigenvalue weighted by Gasteiger charge is -2.08. The molecule has 0 aliphatic carbocycles. The first-order chi connectivity index (χ1) is 11.2. The molecule has 0 atom stereocenters. The van der Waals surface area contributed by atoms with Crippen LogP contribution in [0, 0.1) is 0 Å². The van der Waals surface area contributed by atoms with Crippen LogP contribution in [0.4, 0.5) is 5.69 Å². The Kier molecular flexibility index (Phi) is 6.59. The molecule has 2 rings (SSSR count). The number of thiocarbonyl (C=S) groups is 1. The number of nitrogens with one attached hydrogen (secondary N) is 2. The zero-order valence-corrected chi connectivity index (χ0v) is 14.1. The summed E-state index contributed by atoms with van der Waals surface area (Å²) in [6.45, 7) is 0. The van der Waals surface area contributed by atoms with Crippen molar-refractivity contribution in [2.24, 2.45) is 5.10 Å². The summed E-state index contributed by atoms with van der Waals surface area (Å²) in [7, 11) is 1.61. The predicted molar refractivity (Wildman–Crippen MR) is 101 cm³/mol. The van der Waals surface area contributed by atoms with Gasteiger partial charge in [-0.25, -0.2) is 0 Å². The Bertz CT molecular complexity index is 717. The molecule has 0 aliphatic heterocycles. The Balaban J connectivity index is 1.87. The van der Waals surface area contributed by atoms with Crippen LogP contribution in [0.2, 0.25) is 0 Å². The Morgan fingerprint density at radius 2 is 1.96 bits per heavy atom. The molecule has 0 aromatic heterocycles. The molecule has 0 unspecified atom stereocenters. The van der Waals surface area contributed by atoms with E-state index >= 15 is 0 Å². The van der Waals surface area contributed by atoms with Crippen molar-refractivity contribution in [1.82, 2.24) is 5.43 Å². The number of nitrogens with zero attached hydrogens (tertiary/aromatic N) is 1. The molecule has 6 heteroatoms. The summed E-state index contributed by atoms with van der Waals surface area (Å²) in [5.41, 5.74) is 4.52. The number of methoxy groups -OCH3 is 1. The van der Waals surface area contributed by atoms with Crippen molar-refractivity contribution in [3.63, 3.8) is 0 Å². The van der Waals surface area contributed by atoms with E-state index in [4.69, 9.17) is 28.6 Å². The molecule has 4 nitrogen and oxygen atoms in total. The Labute approximate surface area is 145 Å². The summed E-state index contributed by atoms with van der Waals surface area (Å²) in [4.78, 5) is 0. The molecule has 0 aliphatic rings. The topological polar surface area (TPSA) is 45.6 Å². The van der Waals surface area contributed by atoms with Gasteiger partial charge in [0.15, 0.2) is 5.11 Å². The molecule has 0 radical (unpaired) electrons. The van der Waals surface area contributed by atoms with Crippen molar-refractivity contribution < 1.29 is 4.74 Å². The molecular weight excluding hydrogens is 330 g/mol. The second-order valence-electron chi connectivity index (χ2n) is 4.50. The molecule has 0 spiro atoms. The second-order valence-corrected chi connectivity index (χ2v) is 5.34. The van der Waals surface area contributed by atoms with E-state index < -0.39 is 0 Å². The van der Waals surface area contributed by atoms with E-state index in [2.05, 4.69) is 15.8 Å². The van der Waals surface area contributed by atoms with Gasteiger partial charge in [-0.05, 0) is 36.0 Å². The Morgan fingerprint density at radius 3 is 2.70 bits per heavy atom. The van der Waals surface area contributed by atoms with Crippen LogP contribution >= 0.6 is 23.8 Å². The van der Waals surface area contributed by atoms with Crippen LogP contribution in [-0.4, -0.2) is 18.4 Å². The van der Waals surface area contributed by atoms with Gasteiger partial charge in [0.05, 0.1) is 18.4 Å². The van der Waals surface area contributed by atoms with E-state index in [1.807, 2.05) is 60.7 Å². The molecule has 0 heterocycles. The van der Waals surface area contributed by atoms with E-state index in [9.17, 15) is 0 Å². The van der Waals surface area contributed by atoms with Crippen molar-refractivity contribution in [1.29, 1.82) is 0 Å². The lowest BCUT2D eigenvalue weighted by atomic mass is 10.2. The van der Waals surface area contributed by atoms with Crippen molar-refractivity contribution in [2.45, 2.75) is 0 Å². The first kappa shape index (κ1) is 17.0. The lowest BCUT2D eigenvalue weighted by molar-refractivity contribution is 0.415. The highest BCUT2D eigenvalue weighted by atomic mass is 35.5. The van der Waals surface area contributed by atoms with E-state index in [0.29, 0.717) is 10.1 Å². The van der Waals surface area contributed by atoms with E-state index in [1.165, 1.54) is 6.21 Å². The summed E-state index contributed by atoms with van der Waals surface area (Å²) in [6, 6.07) is 17.2. The maximum absolute atomic E-state index is 6.09. The smallest absolute Gasteiger partial charge is 0.191 e. The van der Waals surface area contributed by atoms with Gasteiger partial charge in [0.25, 0.3) is 0 Å². The van der Waals surface area contributed by atoms with Gasteiger partial charge in [0.1, 0.15) is 5.75 Å². The maximum atomic E-state index is 6.09. The molecule has 23 heavy (non-hydrogen) atoms. The molecule has 2 aromatic carbocycles. The maximum Gasteiger partial charge on any atom is 0.191 e. The summed E-state index contributed by atoms with van der Waals surface area (Å²) in [6.07, 6.45) is 3.30. The highest BCUT2D eigenvalue weighted by Crippen LogP contribution is 2.16. The number of hydrogen-bond donors (Lipinski definition) is 2. The van der Waals surface area contributed by atoms with Gasteiger partial charge in [0.2, 0.25) is 0 Å². The van der Waals surface area contributed by atoms with E-state index in [1.54, 1.807) is 7.11 Å². The lowest BCUT2D eigenvalue weighted by Crippen LogP contribution is -2.23. The fraction of sp³-hybridized carbons (Fsp3) is 0.0588. The standard InChI is InChI=1S/C17H16ClN3OS/c1-22-16-9-5-8-15(11-16)20-17(23)21-19-12-14(18)10-13-6-3-2-4-7-13/h2-12H,1H3,(H2,20,21,23)/b14-10-,19-12-. The molecular formula is C17H16ClN3OS. The van der Waals surface area contributed by atoms with Crippen LogP contribution in [0.25, 0.3) is 6.08 Å². The van der Waals surface area contributed by atoms with Gasteiger partial charge >= 0.3 is 0 Å². The van der Waals surface area contributed by atoms with E-state index in [0.717, 1.165) is 17.0 Å². The van der Waals surface area contributed by atoms with Crippen LogP contribution in [0.3, 0.4) is 0 Å². The average Bonchev–Trinajstić information content (AvgIpc) is 2.56. The fourth-order valence-corrected chi connectivity index (χ4v) is 2.10. The zero-order chi connectivity index (χ0) is 16.5. The van der Waals surface area contributed by atoms with Gasteiger partial charge in [-0.15, -0.1) is 0 Å². The highest BCUT2D eigenvalue weighted by Gasteiger charge is 1.98. The third kappa shape index (κ3) is 6.10. The first-order valence-electron chi connectivity index (χ1n) is 6.84. The van der Waals surface area contributed by atoms with Crippen LogP contribution in [-0.2, 0) is 0 Å². The van der Waals surface area contributed by atoms with Crippen LogP contribution < -0.4 is 15.5 Å². The normalized spacial score (nSPS) is 11.3. The van der Waals surface area contributed by atoms with Crippen molar-refractivity contribution in [3.8, 4) is 5.75 Å².